The van der Waals surface area contributed by atoms with Crippen molar-refractivity contribution in [3.63, 3.8) is 0 Å². The number of fused-ring (bicyclic) bond motifs is 2. The number of imidazole rings is 1. The van der Waals surface area contributed by atoms with E-state index in [0.29, 0.717) is 30.1 Å². The smallest absolute Gasteiger partial charge is 0.159 e. The average molecular weight is 352 g/mol. The first-order chi connectivity index (χ1) is 12.7. The molecule has 1 aromatic carbocycles. The highest BCUT2D eigenvalue weighted by Gasteiger charge is 2.55. The fraction of sp³-hybridized carbons (Fsp3) is 0.400. The minimum atomic E-state index is -0.249. The van der Waals surface area contributed by atoms with Gasteiger partial charge in [0.2, 0.25) is 0 Å². The van der Waals surface area contributed by atoms with Gasteiger partial charge in [-0.15, -0.1) is 0 Å². The fourth-order valence-electron chi connectivity index (χ4n) is 4.27. The molecular formula is C20H21FN4O. The molecule has 0 amide bonds. The minimum Gasteiger partial charge on any atom is -0.493 e. The third kappa shape index (κ3) is 2.74. The molecule has 26 heavy (non-hydrogen) atoms. The Bertz CT molecular complexity index is 944. The summed E-state index contributed by atoms with van der Waals surface area (Å²) in [5.74, 6) is 3.41. The Morgan fingerprint density at radius 2 is 2.04 bits per heavy atom. The van der Waals surface area contributed by atoms with Gasteiger partial charge in [-0.25, -0.2) is 14.4 Å². The van der Waals surface area contributed by atoms with Gasteiger partial charge in [0.15, 0.2) is 5.65 Å². The van der Waals surface area contributed by atoms with E-state index in [1.165, 1.54) is 12.1 Å². The van der Waals surface area contributed by atoms with Gasteiger partial charge in [-0.3, -0.25) is 4.90 Å². The van der Waals surface area contributed by atoms with Crippen molar-refractivity contribution in [2.24, 2.45) is 24.8 Å². The Labute approximate surface area is 151 Å². The molecule has 0 radical (unpaired) electrons. The molecule has 1 aliphatic carbocycles. The van der Waals surface area contributed by atoms with Crippen LogP contribution in [0.15, 0.2) is 42.6 Å². The van der Waals surface area contributed by atoms with Crippen molar-refractivity contribution < 1.29 is 9.13 Å². The third-order valence-corrected chi connectivity index (χ3v) is 5.77. The van der Waals surface area contributed by atoms with Crippen LogP contribution in [-0.4, -0.2) is 39.1 Å². The lowest BCUT2D eigenvalue weighted by molar-refractivity contribution is 0.226. The summed E-state index contributed by atoms with van der Waals surface area (Å²) >= 11 is 0. The molecule has 2 aromatic heterocycles. The fourth-order valence-corrected chi connectivity index (χ4v) is 4.27. The summed E-state index contributed by atoms with van der Waals surface area (Å²) < 4.78 is 21.1. The first-order valence-corrected chi connectivity index (χ1v) is 9.06. The highest BCUT2D eigenvalue weighted by atomic mass is 19.1. The monoisotopic (exact) mass is 352 g/mol. The molecule has 0 bridgehead atoms. The second-order valence-electron chi connectivity index (χ2n) is 7.39. The number of rotatable bonds is 5. The minimum absolute atomic E-state index is 0.249. The Balaban J connectivity index is 1.17. The quantitative estimate of drug-likeness (QED) is 0.708. The molecule has 2 fully saturated rings. The van der Waals surface area contributed by atoms with Crippen LogP contribution in [0.25, 0.3) is 11.2 Å². The zero-order valence-electron chi connectivity index (χ0n) is 14.7. The molecule has 3 heterocycles. The predicted molar refractivity (Wildman–Crippen MR) is 96.2 cm³/mol. The van der Waals surface area contributed by atoms with E-state index in [2.05, 4.69) is 14.5 Å². The van der Waals surface area contributed by atoms with Gasteiger partial charge in [-0.05, 0) is 36.1 Å². The van der Waals surface area contributed by atoms with Crippen LogP contribution in [0, 0.1) is 23.6 Å². The topological polar surface area (TPSA) is 43.2 Å². The van der Waals surface area contributed by atoms with Crippen LogP contribution in [0.3, 0.4) is 0 Å². The molecular weight excluding hydrogens is 331 g/mol. The van der Waals surface area contributed by atoms with E-state index >= 15 is 0 Å². The van der Waals surface area contributed by atoms with Gasteiger partial charge >= 0.3 is 0 Å². The number of aryl methyl sites for hydroxylation is 1. The molecule has 6 heteroatoms. The zero-order chi connectivity index (χ0) is 17.7. The van der Waals surface area contributed by atoms with Crippen LogP contribution < -0.4 is 4.74 Å². The normalized spacial score (nSPS) is 24.8. The van der Waals surface area contributed by atoms with Crippen LogP contribution in [0.5, 0.6) is 5.75 Å². The molecule has 0 spiro atoms. The summed E-state index contributed by atoms with van der Waals surface area (Å²) in [5, 5.41) is 0. The van der Waals surface area contributed by atoms with Gasteiger partial charge in [0.1, 0.15) is 22.9 Å². The number of pyridine rings is 1. The molecule has 0 N–H and O–H groups in total. The predicted octanol–water partition coefficient (Wildman–Crippen LogP) is 2.86. The maximum atomic E-state index is 13.2. The van der Waals surface area contributed by atoms with E-state index in [-0.39, 0.29) is 5.82 Å². The van der Waals surface area contributed by atoms with Crippen molar-refractivity contribution in [1.82, 2.24) is 19.4 Å². The summed E-state index contributed by atoms with van der Waals surface area (Å²) in [7, 11) is 2.03. The Morgan fingerprint density at radius 3 is 2.81 bits per heavy atom. The standard InChI is InChI=1S/C20H21FN4O/c1-24-19(23-18-6-3-7-22-20(18)24)11-25-9-15-16(10-25)17(15)12-26-14-5-2-4-13(21)8-14/h2-8,15-17H,9-12H2,1H3/t15-,16+,17?. The van der Waals surface area contributed by atoms with Gasteiger partial charge < -0.3 is 9.30 Å². The molecule has 3 atom stereocenters. The first kappa shape index (κ1) is 15.8. The second kappa shape index (κ2) is 6.06. The summed E-state index contributed by atoms with van der Waals surface area (Å²) in [5.41, 5.74) is 1.89. The highest BCUT2D eigenvalue weighted by Crippen LogP contribution is 2.52. The summed E-state index contributed by atoms with van der Waals surface area (Å²) in [6.07, 6.45) is 1.81. The molecule has 134 valence electrons. The van der Waals surface area contributed by atoms with E-state index in [9.17, 15) is 4.39 Å². The molecule has 3 aromatic rings. The van der Waals surface area contributed by atoms with E-state index in [0.717, 1.165) is 36.6 Å². The molecule has 1 saturated heterocycles. The number of likely N-dealkylation sites (tertiary alicyclic amines) is 1. The van der Waals surface area contributed by atoms with E-state index < -0.39 is 0 Å². The van der Waals surface area contributed by atoms with Gasteiger partial charge in [-0.1, -0.05) is 6.07 Å². The number of hydrogen-bond donors (Lipinski definition) is 0. The highest BCUT2D eigenvalue weighted by molar-refractivity contribution is 5.70. The van der Waals surface area contributed by atoms with Crippen molar-refractivity contribution >= 4 is 11.2 Å². The van der Waals surface area contributed by atoms with Crippen LogP contribution in [0.1, 0.15) is 5.82 Å². The lowest BCUT2D eigenvalue weighted by Gasteiger charge is -2.19. The lowest BCUT2D eigenvalue weighted by Crippen LogP contribution is -2.26. The lowest BCUT2D eigenvalue weighted by atomic mass is 10.2. The number of benzene rings is 1. The number of piperidine rings is 1. The largest absolute Gasteiger partial charge is 0.493 e. The Morgan fingerprint density at radius 1 is 1.19 bits per heavy atom. The van der Waals surface area contributed by atoms with Crippen molar-refractivity contribution in [3.05, 3.63) is 54.2 Å². The average Bonchev–Trinajstić information content (AvgIpc) is 2.96. The molecule has 1 saturated carbocycles. The van der Waals surface area contributed by atoms with Crippen LogP contribution in [0.4, 0.5) is 4.39 Å². The number of nitrogens with zero attached hydrogens (tertiary/aromatic N) is 4. The number of hydrogen-bond acceptors (Lipinski definition) is 4. The van der Waals surface area contributed by atoms with E-state index in [1.807, 2.05) is 31.4 Å². The molecule has 5 rings (SSSR count). The Hall–Kier alpha value is -2.47. The van der Waals surface area contributed by atoms with Gasteiger partial charge in [0.05, 0.1) is 13.2 Å². The number of aromatic nitrogens is 3. The maximum absolute atomic E-state index is 13.2. The summed E-state index contributed by atoms with van der Waals surface area (Å²) in [6.45, 7) is 3.71. The maximum Gasteiger partial charge on any atom is 0.159 e. The van der Waals surface area contributed by atoms with Crippen LogP contribution in [-0.2, 0) is 13.6 Å². The zero-order valence-corrected chi connectivity index (χ0v) is 14.7. The van der Waals surface area contributed by atoms with Gasteiger partial charge in [0.25, 0.3) is 0 Å². The van der Waals surface area contributed by atoms with Crippen LogP contribution >= 0.6 is 0 Å². The van der Waals surface area contributed by atoms with Crippen molar-refractivity contribution in [1.29, 1.82) is 0 Å². The Kier molecular flexibility index (Phi) is 3.67. The van der Waals surface area contributed by atoms with Gasteiger partial charge in [0, 0.05) is 38.3 Å². The van der Waals surface area contributed by atoms with Crippen molar-refractivity contribution in [3.8, 4) is 5.75 Å². The van der Waals surface area contributed by atoms with Crippen molar-refractivity contribution in [2.75, 3.05) is 19.7 Å². The molecule has 5 nitrogen and oxygen atoms in total. The third-order valence-electron chi connectivity index (χ3n) is 5.77. The summed E-state index contributed by atoms with van der Waals surface area (Å²) in [6, 6.07) is 10.3. The summed E-state index contributed by atoms with van der Waals surface area (Å²) in [4.78, 5) is 11.6. The van der Waals surface area contributed by atoms with Gasteiger partial charge in [-0.2, -0.15) is 0 Å². The number of halogens is 1. The molecule has 1 aliphatic heterocycles. The second-order valence-corrected chi connectivity index (χ2v) is 7.39. The molecule has 1 unspecified atom stereocenters. The number of ether oxygens (including phenoxy) is 1. The molecule has 2 aliphatic rings. The first-order valence-electron chi connectivity index (χ1n) is 9.06. The van der Waals surface area contributed by atoms with E-state index in [1.54, 1.807) is 6.07 Å². The van der Waals surface area contributed by atoms with Crippen molar-refractivity contribution in [2.45, 2.75) is 6.54 Å². The van der Waals surface area contributed by atoms with E-state index in [4.69, 9.17) is 9.72 Å². The van der Waals surface area contributed by atoms with Crippen LogP contribution in [0.2, 0.25) is 0 Å². The SMILES string of the molecule is Cn1c(CN2C[C@@H]3C(COc4cccc(F)c4)[C@@H]3C2)nc2cccnc21.